The summed E-state index contributed by atoms with van der Waals surface area (Å²) in [6.45, 7) is 8.22. The van der Waals surface area contributed by atoms with E-state index in [1.54, 1.807) is 12.1 Å². The molecule has 0 amide bonds. The molecule has 0 bridgehead atoms. The van der Waals surface area contributed by atoms with E-state index >= 15 is 0 Å². The van der Waals surface area contributed by atoms with Gasteiger partial charge in [0.2, 0.25) is 10.0 Å². The van der Waals surface area contributed by atoms with Crippen LogP contribution >= 0.6 is 0 Å². The van der Waals surface area contributed by atoms with Crippen LogP contribution in [0.1, 0.15) is 42.0 Å². The van der Waals surface area contributed by atoms with Crippen molar-refractivity contribution in [1.82, 2.24) is 4.31 Å². The molecule has 0 atom stereocenters. The smallest absolute Gasteiger partial charge is 0.306 e. The van der Waals surface area contributed by atoms with E-state index < -0.39 is 20.1 Å². The van der Waals surface area contributed by atoms with Crippen LogP contribution in [0.15, 0.2) is 41.3 Å². The van der Waals surface area contributed by atoms with Gasteiger partial charge in [-0.05, 0) is 56.0 Å². The van der Waals surface area contributed by atoms with Crippen molar-refractivity contribution >= 4 is 20.1 Å². The third kappa shape index (κ3) is 6.29. The van der Waals surface area contributed by atoms with Crippen molar-refractivity contribution in [3.05, 3.63) is 58.7 Å². The summed E-state index contributed by atoms with van der Waals surface area (Å²) in [5.74, 6) is 0.199. The Labute approximate surface area is 174 Å². The molecule has 160 valence electrons. The minimum Gasteiger partial charge on any atom is -0.383 e. The number of aryl methyl sites for hydroxylation is 3. The van der Waals surface area contributed by atoms with Gasteiger partial charge in [-0.25, -0.2) is 8.42 Å². The molecule has 2 aromatic rings. The minimum atomic E-state index is -3.68. The lowest BCUT2D eigenvalue weighted by Crippen LogP contribution is -2.32. The molecule has 2 aromatic carbocycles. The Balaban J connectivity index is 2.36. The highest BCUT2D eigenvalue weighted by Gasteiger charge is 2.27. The van der Waals surface area contributed by atoms with Gasteiger partial charge in [-0.1, -0.05) is 43.2 Å². The average molecular weight is 440 g/mol. The Kier molecular flexibility index (Phi) is 7.48. The van der Waals surface area contributed by atoms with Crippen molar-refractivity contribution in [2.75, 3.05) is 12.8 Å². The molecular formula is C21H29NO5S2. The number of rotatable bonds is 9. The number of benzene rings is 2. The number of hydrogen-bond donors (Lipinski definition) is 0. The van der Waals surface area contributed by atoms with Crippen LogP contribution in [0.3, 0.4) is 0 Å². The van der Waals surface area contributed by atoms with Crippen LogP contribution < -0.4 is 4.18 Å². The van der Waals surface area contributed by atoms with E-state index in [9.17, 15) is 16.8 Å². The van der Waals surface area contributed by atoms with Crippen LogP contribution in [0, 0.1) is 20.8 Å². The van der Waals surface area contributed by atoms with Gasteiger partial charge in [0.1, 0.15) is 5.75 Å². The lowest BCUT2D eigenvalue weighted by molar-refractivity contribution is 0.397. The molecule has 6 nitrogen and oxygen atoms in total. The molecule has 0 unspecified atom stereocenters. The van der Waals surface area contributed by atoms with Crippen LogP contribution in [0.4, 0.5) is 0 Å². The fourth-order valence-corrected chi connectivity index (χ4v) is 5.69. The standard InChI is InChI=1S/C21H29NO5S2/c1-6-7-12-22(15-19-8-10-20(11-9-19)27-28(5,23)24)29(25,26)21-17(3)13-16(2)14-18(21)4/h8-11,13-14H,6-7,12,15H2,1-5H3. The topological polar surface area (TPSA) is 80.8 Å². The summed E-state index contributed by atoms with van der Waals surface area (Å²) in [4.78, 5) is 0.358. The molecule has 8 heteroatoms. The van der Waals surface area contributed by atoms with Crippen LogP contribution in [0.25, 0.3) is 0 Å². The van der Waals surface area contributed by atoms with Crippen LogP contribution in [0.2, 0.25) is 0 Å². The summed E-state index contributed by atoms with van der Waals surface area (Å²) in [5, 5.41) is 0. The second-order valence-electron chi connectivity index (χ2n) is 7.35. The highest BCUT2D eigenvalue weighted by Crippen LogP contribution is 2.27. The van der Waals surface area contributed by atoms with Crippen molar-refractivity contribution in [3.63, 3.8) is 0 Å². The molecule has 0 N–H and O–H groups in total. The summed E-state index contributed by atoms with van der Waals surface area (Å²) in [6, 6.07) is 10.2. The summed E-state index contributed by atoms with van der Waals surface area (Å²) in [5.41, 5.74) is 3.26. The fourth-order valence-electron chi connectivity index (χ4n) is 3.35. The first-order valence-electron chi connectivity index (χ1n) is 9.50. The zero-order chi connectivity index (χ0) is 21.8. The van der Waals surface area contributed by atoms with Gasteiger partial charge in [-0.3, -0.25) is 0 Å². The Morgan fingerprint density at radius 3 is 1.97 bits per heavy atom. The third-order valence-electron chi connectivity index (χ3n) is 4.49. The van der Waals surface area contributed by atoms with Gasteiger partial charge < -0.3 is 4.18 Å². The van der Waals surface area contributed by atoms with Gasteiger partial charge in [0.15, 0.2) is 0 Å². The van der Waals surface area contributed by atoms with Crippen molar-refractivity contribution in [3.8, 4) is 5.75 Å². The molecule has 2 rings (SSSR count). The maximum atomic E-state index is 13.5. The maximum absolute atomic E-state index is 13.5. The van der Waals surface area contributed by atoms with Crippen molar-refractivity contribution < 1.29 is 21.0 Å². The molecule has 0 aliphatic heterocycles. The quantitative estimate of drug-likeness (QED) is 0.553. The van der Waals surface area contributed by atoms with E-state index in [0.29, 0.717) is 11.4 Å². The lowest BCUT2D eigenvalue weighted by atomic mass is 10.1. The first-order chi connectivity index (χ1) is 13.4. The number of hydrogen-bond acceptors (Lipinski definition) is 5. The molecule has 0 saturated heterocycles. The zero-order valence-corrected chi connectivity index (χ0v) is 19.2. The lowest BCUT2D eigenvalue weighted by Gasteiger charge is -2.24. The molecule has 0 heterocycles. The van der Waals surface area contributed by atoms with Crippen molar-refractivity contribution in [2.24, 2.45) is 0 Å². The summed E-state index contributed by atoms with van der Waals surface area (Å²) in [7, 11) is -7.29. The molecule has 0 aromatic heterocycles. The molecule has 0 aliphatic carbocycles. The van der Waals surface area contributed by atoms with E-state index in [-0.39, 0.29) is 12.3 Å². The SMILES string of the molecule is CCCCN(Cc1ccc(OS(C)(=O)=O)cc1)S(=O)(=O)c1c(C)cc(C)cc1C. The van der Waals surface area contributed by atoms with Gasteiger partial charge in [0.25, 0.3) is 0 Å². The number of nitrogens with zero attached hydrogens (tertiary/aromatic N) is 1. The Bertz CT molecular complexity index is 1040. The van der Waals surface area contributed by atoms with E-state index in [4.69, 9.17) is 4.18 Å². The summed E-state index contributed by atoms with van der Waals surface area (Å²) < 4.78 is 55.8. The summed E-state index contributed by atoms with van der Waals surface area (Å²) >= 11 is 0. The second kappa shape index (κ2) is 9.28. The maximum Gasteiger partial charge on any atom is 0.306 e. The predicted molar refractivity (Wildman–Crippen MR) is 115 cm³/mol. The van der Waals surface area contributed by atoms with Crippen LogP contribution in [-0.4, -0.2) is 33.9 Å². The zero-order valence-electron chi connectivity index (χ0n) is 17.6. The first kappa shape index (κ1) is 23.4. The first-order valence-corrected chi connectivity index (χ1v) is 12.8. The summed E-state index contributed by atoms with van der Waals surface area (Å²) in [6.07, 6.45) is 2.60. The molecule has 0 saturated carbocycles. The van der Waals surface area contributed by atoms with Gasteiger partial charge in [0.05, 0.1) is 11.2 Å². The van der Waals surface area contributed by atoms with Gasteiger partial charge >= 0.3 is 10.1 Å². The molecule has 0 radical (unpaired) electrons. The molecule has 29 heavy (non-hydrogen) atoms. The molecular weight excluding hydrogens is 410 g/mol. The second-order valence-corrected chi connectivity index (χ2v) is 10.8. The highest BCUT2D eigenvalue weighted by molar-refractivity contribution is 7.89. The largest absolute Gasteiger partial charge is 0.383 e. The molecule has 0 spiro atoms. The molecule has 0 fully saturated rings. The van der Waals surface area contributed by atoms with Gasteiger partial charge in [0, 0.05) is 13.1 Å². The Morgan fingerprint density at radius 1 is 0.931 bits per heavy atom. The van der Waals surface area contributed by atoms with Crippen LogP contribution in [0.5, 0.6) is 5.75 Å². The minimum absolute atomic E-state index is 0.199. The third-order valence-corrected chi connectivity index (χ3v) is 7.14. The van der Waals surface area contributed by atoms with Crippen molar-refractivity contribution in [1.29, 1.82) is 0 Å². The Hall–Kier alpha value is -1.90. The van der Waals surface area contributed by atoms with Crippen molar-refractivity contribution in [2.45, 2.75) is 52.0 Å². The van der Waals surface area contributed by atoms with Gasteiger partial charge in [-0.2, -0.15) is 12.7 Å². The average Bonchev–Trinajstić information content (AvgIpc) is 2.57. The van der Waals surface area contributed by atoms with E-state index in [1.807, 2.05) is 39.8 Å². The fraction of sp³-hybridized carbons (Fsp3) is 0.429. The van der Waals surface area contributed by atoms with E-state index in [1.165, 1.54) is 16.4 Å². The highest BCUT2D eigenvalue weighted by atomic mass is 32.2. The normalized spacial score (nSPS) is 12.3. The Morgan fingerprint density at radius 2 is 1.48 bits per heavy atom. The van der Waals surface area contributed by atoms with E-state index in [2.05, 4.69) is 0 Å². The monoisotopic (exact) mass is 439 g/mol. The molecule has 0 aliphatic rings. The number of sulfonamides is 1. The van der Waals surface area contributed by atoms with Crippen LogP contribution in [-0.2, 0) is 26.7 Å². The van der Waals surface area contributed by atoms with E-state index in [0.717, 1.165) is 41.4 Å². The van der Waals surface area contributed by atoms with Gasteiger partial charge in [-0.15, -0.1) is 0 Å². The number of unbranched alkanes of at least 4 members (excludes halogenated alkanes) is 1. The predicted octanol–water partition coefficient (Wildman–Crippen LogP) is 3.94.